The molecule has 0 saturated heterocycles. The van der Waals surface area contributed by atoms with E-state index in [1.807, 2.05) is 0 Å². The maximum Gasteiger partial charge on any atom is 0.126 e. The van der Waals surface area contributed by atoms with Crippen molar-refractivity contribution in [2.75, 3.05) is 5.73 Å². The molecule has 0 spiro atoms. The number of hydrogen-bond donors (Lipinski definition) is 1. The second-order valence-corrected chi connectivity index (χ2v) is 6.13. The Morgan fingerprint density at radius 3 is 2.28 bits per heavy atom. The van der Waals surface area contributed by atoms with Crippen LogP contribution in [0.25, 0.3) is 0 Å². The number of nitrogen functional groups attached to an aromatic ring is 1. The molecule has 104 valence electrons. The standard InChI is InChI=1S/C15H29N3/c1-6-8-9-10-12-13(16)18(11-7-2)14(17-12)15(3,4)5/h6-11,16H2,1-5H3. The van der Waals surface area contributed by atoms with Crippen LogP contribution in [-0.2, 0) is 18.4 Å². The monoisotopic (exact) mass is 251 g/mol. The SMILES string of the molecule is CCCCCc1nc(C(C)(C)C)n(CCC)c1N. The number of anilines is 1. The molecule has 0 radical (unpaired) electrons. The second-order valence-electron chi connectivity index (χ2n) is 6.13. The van der Waals surface area contributed by atoms with Crippen LogP contribution in [0.5, 0.6) is 0 Å². The minimum Gasteiger partial charge on any atom is -0.384 e. The van der Waals surface area contributed by atoms with E-state index in [0.29, 0.717) is 0 Å². The molecule has 0 aliphatic carbocycles. The molecule has 0 saturated carbocycles. The topological polar surface area (TPSA) is 43.8 Å². The molecule has 2 N–H and O–H groups in total. The maximum atomic E-state index is 6.27. The molecule has 0 aliphatic heterocycles. The van der Waals surface area contributed by atoms with E-state index in [0.717, 1.165) is 36.7 Å². The molecule has 1 aromatic heterocycles. The second kappa shape index (κ2) is 6.26. The Labute approximate surface area is 112 Å². The van der Waals surface area contributed by atoms with E-state index in [9.17, 15) is 0 Å². The molecule has 0 unspecified atom stereocenters. The van der Waals surface area contributed by atoms with Crippen LogP contribution in [-0.4, -0.2) is 9.55 Å². The highest BCUT2D eigenvalue weighted by Crippen LogP contribution is 2.27. The molecule has 0 bridgehead atoms. The van der Waals surface area contributed by atoms with E-state index < -0.39 is 0 Å². The average molecular weight is 251 g/mol. The quantitative estimate of drug-likeness (QED) is 0.779. The van der Waals surface area contributed by atoms with Crippen molar-refractivity contribution in [2.45, 2.75) is 78.7 Å². The van der Waals surface area contributed by atoms with Crippen LogP contribution < -0.4 is 5.73 Å². The fourth-order valence-electron chi connectivity index (χ4n) is 2.26. The number of aromatic nitrogens is 2. The van der Waals surface area contributed by atoms with E-state index in [1.54, 1.807) is 0 Å². The average Bonchev–Trinajstić information content (AvgIpc) is 2.58. The molecule has 1 rings (SSSR count). The lowest BCUT2D eigenvalue weighted by atomic mass is 9.95. The Hall–Kier alpha value is -0.990. The highest BCUT2D eigenvalue weighted by molar-refractivity contribution is 5.39. The van der Waals surface area contributed by atoms with Gasteiger partial charge in [0.25, 0.3) is 0 Å². The fourth-order valence-corrected chi connectivity index (χ4v) is 2.26. The van der Waals surface area contributed by atoms with Crippen molar-refractivity contribution in [2.24, 2.45) is 0 Å². The molecule has 3 nitrogen and oxygen atoms in total. The summed E-state index contributed by atoms with van der Waals surface area (Å²) in [5, 5.41) is 0. The van der Waals surface area contributed by atoms with E-state index in [2.05, 4.69) is 39.2 Å². The Bertz CT molecular complexity index is 372. The van der Waals surface area contributed by atoms with Crippen LogP contribution in [0.1, 0.15) is 71.8 Å². The summed E-state index contributed by atoms with van der Waals surface area (Å²) in [6, 6.07) is 0. The van der Waals surface area contributed by atoms with Crippen molar-refractivity contribution in [1.82, 2.24) is 9.55 Å². The molecular formula is C15H29N3. The first-order valence-corrected chi connectivity index (χ1v) is 7.27. The normalized spacial score (nSPS) is 12.1. The molecule has 1 heterocycles. The minimum atomic E-state index is 0.0618. The smallest absolute Gasteiger partial charge is 0.126 e. The van der Waals surface area contributed by atoms with Crippen LogP contribution in [0, 0.1) is 0 Å². The summed E-state index contributed by atoms with van der Waals surface area (Å²) in [4.78, 5) is 4.81. The number of imidazole rings is 1. The summed E-state index contributed by atoms with van der Waals surface area (Å²) in [6.45, 7) is 12.0. The molecule has 0 aromatic carbocycles. The summed E-state index contributed by atoms with van der Waals surface area (Å²) in [6.07, 6.45) is 5.79. The number of unbranched alkanes of at least 4 members (excludes halogenated alkanes) is 2. The Morgan fingerprint density at radius 2 is 1.78 bits per heavy atom. The van der Waals surface area contributed by atoms with Gasteiger partial charge in [0.2, 0.25) is 0 Å². The third-order valence-corrected chi connectivity index (χ3v) is 3.22. The molecule has 18 heavy (non-hydrogen) atoms. The van der Waals surface area contributed by atoms with Crippen molar-refractivity contribution in [1.29, 1.82) is 0 Å². The van der Waals surface area contributed by atoms with E-state index in [4.69, 9.17) is 10.7 Å². The highest BCUT2D eigenvalue weighted by atomic mass is 15.1. The van der Waals surface area contributed by atoms with Gasteiger partial charge in [0, 0.05) is 12.0 Å². The van der Waals surface area contributed by atoms with Gasteiger partial charge in [-0.15, -0.1) is 0 Å². The lowest BCUT2D eigenvalue weighted by molar-refractivity contribution is 0.497. The van der Waals surface area contributed by atoms with Crippen molar-refractivity contribution < 1.29 is 0 Å². The molecule has 3 heteroatoms. The van der Waals surface area contributed by atoms with Gasteiger partial charge in [0.1, 0.15) is 11.6 Å². The van der Waals surface area contributed by atoms with Gasteiger partial charge in [0.05, 0.1) is 5.69 Å². The van der Waals surface area contributed by atoms with Gasteiger partial charge in [-0.2, -0.15) is 0 Å². The van der Waals surface area contributed by atoms with E-state index in [1.165, 1.54) is 19.3 Å². The molecule has 0 atom stereocenters. The zero-order valence-electron chi connectivity index (χ0n) is 12.7. The van der Waals surface area contributed by atoms with E-state index in [-0.39, 0.29) is 5.41 Å². The van der Waals surface area contributed by atoms with Gasteiger partial charge in [-0.05, 0) is 19.3 Å². The predicted octanol–water partition coefficient (Wildman–Crippen LogP) is 3.91. The fraction of sp³-hybridized carbons (Fsp3) is 0.800. The summed E-state index contributed by atoms with van der Waals surface area (Å²) >= 11 is 0. The molecule has 0 amide bonds. The number of rotatable bonds is 6. The Kier molecular flexibility index (Phi) is 5.24. The minimum absolute atomic E-state index is 0.0618. The lowest BCUT2D eigenvalue weighted by Crippen LogP contribution is -2.19. The largest absolute Gasteiger partial charge is 0.384 e. The van der Waals surface area contributed by atoms with Crippen LogP contribution in [0.3, 0.4) is 0 Å². The molecule has 0 fully saturated rings. The number of nitrogens with two attached hydrogens (primary N) is 1. The van der Waals surface area contributed by atoms with Crippen molar-refractivity contribution >= 4 is 5.82 Å². The van der Waals surface area contributed by atoms with Crippen LogP contribution in [0.4, 0.5) is 5.82 Å². The molecule has 0 aliphatic rings. The zero-order valence-corrected chi connectivity index (χ0v) is 12.7. The van der Waals surface area contributed by atoms with Crippen LogP contribution in [0.2, 0.25) is 0 Å². The maximum absolute atomic E-state index is 6.27. The van der Waals surface area contributed by atoms with Crippen LogP contribution in [0.15, 0.2) is 0 Å². The predicted molar refractivity (Wildman–Crippen MR) is 78.9 cm³/mol. The highest BCUT2D eigenvalue weighted by Gasteiger charge is 2.24. The third-order valence-electron chi connectivity index (χ3n) is 3.22. The Morgan fingerprint density at radius 1 is 1.11 bits per heavy atom. The summed E-state index contributed by atoms with van der Waals surface area (Å²) in [5.74, 6) is 2.02. The number of hydrogen-bond acceptors (Lipinski definition) is 2. The van der Waals surface area contributed by atoms with Gasteiger partial charge < -0.3 is 10.3 Å². The first-order chi connectivity index (χ1) is 8.41. The third kappa shape index (κ3) is 3.50. The van der Waals surface area contributed by atoms with E-state index >= 15 is 0 Å². The lowest BCUT2D eigenvalue weighted by Gasteiger charge is -2.19. The number of aryl methyl sites for hydroxylation is 1. The Balaban J connectivity index is 2.99. The van der Waals surface area contributed by atoms with Crippen molar-refractivity contribution in [3.8, 4) is 0 Å². The molecule has 1 aromatic rings. The first-order valence-electron chi connectivity index (χ1n) is 7.27. The molecular weight excluding hydrogens is 222 g/mol. The summed E-state index contributed by atoms with van der Waals surface area (Å²) in [7, 11) is 0. The number of nitrogens with zero attached hydrogens (tertiary/aromatic N) is 2. The van der Waals surface area contributed by atoms with Crippen molar-refractivity contribution in [3.05, 3.63) is 11.5 Å². The zero-order chi connectivity index (χ0) is 13.8. The van der Waals surface area contributed by atoms with Gasteiger partial charge >= 0.3 is 0 Å². The van der Waals surface area contributed by atoms with Gasteiger partial charge in [0.15, 0.2) is 0 Å². The first kappa shape index (κ1) is 15.1. The van der Waals surface area contributed by atoms with Crippen molar-refractivity contribution in [3.63, 3.8) is 0 Å². The van der Waals surface area contributed by atoms with Gasteiger partial charge in [-0.1, -0.05) is 47.5 Å². The summed E-state index contributed by atoms with van der Waals surface area (Å²) < 4.78 is 2.21. The van der Waals surface area contributed by atoms with Gasteiger partial charge in [-0.25, -0.2) is 4.98 Å². The summed E-state index contributed by atoms with van der Waals surface area (Å²) in [5.41, 5.74) is 7.43. The van der Waals surface area contributed by atoms with Crippen LogP contribution >= 0.6 is 0 Å². The van der Waals surface area contributed by atoms with Gasteiger partial charge in [-0.3, -0.25) is 0 Å².